The summed E-state index contributed by atoms with van der Waals surface area (Å²) >= 11 is 0. The maximum absolute atomic E-state index is 12.3. The highest BCUT2D eigenvalue weighted by molar-refractivity contribution is 6.16. The van der Waals surface area contributed by atoms with Gasteiger partial charge in [-0.25, -0.2) is 0 Å². The number of Topliss-reactive ketones (excluding diaryl/α,β-unsaturated/α-hetero) is 2. The standard InChI is InChI=1S/C16H13N3O2/c1-19-13-8-3-2-6-11(13)16(18-19)15(21)10-14(20)12-7-4-5-9-17-12/h2-9H,10H2,1H3. The molecule has 0 N–H and O–H groups in total. The van der Waals surface area contributed by atoms with E-state index >= 15 is 0 Å². The van der Waals surface area contributed by atoms with E-state index in [1.807, 2.05) is 24.3 Å². The van der Waals surface area contributed by atoms with Gasteiger partial charge in [0.05, 0.1) is 11.9 Å². The second kappa shape index (κ2) is 5.28. The Balaban J connectivity index is 1.90. The SMILES string of the molecule is Cn1nc(C(=O)CC(=O)c2ccccn2)c2ccccc21. The van der Waals surface area contributed by atoms with Crippen LogP contribution in [-0.2, 0) is 7.05 Å². The molecule has 0 amide bonds. The molecule has 3 aromatic rings. The smallest absolute Gasteiger partial charge is 0.191 e. The van der Waals surface area contributed by atoms with E-state index in [0.29, 0.717) is 11.4 Å². The lowest BCUT2D eigenvalue weighted by atomic mass is 10.1. The molecule has 0 unspecified atom stereocenters. The third-order valence-corrected chi connectivity index (χ3v) is 3.29. The average Bonchev–Trinajstić information content (AvgIpc) is 2.86. The molecule has 0 aliphatic heterocycles. The second-order valence-corrected chi connectivity index (χ2v) is 4.73. The molecule has 5 nitrogen and oxygen atoms in total. The van der Waals surface area contributed by atoms with Gasteiger partial charge in [-0.15, -0.1) is 0 Å². The van der Waals surface area contributed by atoms with Crippen LogP contribution in [0.3, 0.4) is 0 Å². The van der Waals surface area contributed by atoms with Crippen LogP contribution in [0.5, 0.6) is 0 Å². The lowest BCUT2D eigenvalue weighted by Crippen LogP contribution is -2.11. The number of carbonyl (C=O) groups is 2. The summed E-state index contributed by atoms with van der Waals surface area (Å²) in [4.78, 5) is 28.4. The number of ketones is 2. The lowest BCUT2D eigenvalue weighted by Gasteiger charge is -1.98. The first-order chi connectivity index (χ1) is 10.2. The molecule has 0 aliphatic rings. The molecule has 2 aromatic heterocycles. The normalized spacial score (nSPS) is 10.7. The monoisotopic (exact) mass is 279 g/mol. The van der Waals surface area contributed by atoms with E-state index in [1.165, 1.54) is 6.20 Å². The van der Waals surface area contributed by atoms with Crippen LogP contribution in [0.1, 0.15) is 27.4 Å². The summed E-state index contributed by atoms with van der Waals surface area (Å²) in [6, 6.07) is 12.5. The fourth-order valence-corrected chi connectivity index (χ4v) is 2.27. The maximum Gasteiger partial charge on any atom is 0.191 e. The van der Waals surface area contributed by atoms with Crippen LogP contribution in [0.4, 0.5) is 0 Å². The molecule has 0 saturated carbocycles. The number of fused-ring (bicyclic) bond motifs is 1. The Bertz CT molecular complexity index is 822. The summed E-state index contributed by atoms with van der Waals surface area (Å²) in [7, 11) is 1.78. The molecule has 2 heterocycles. The van der Waals surface area contributed by atoms with Crippen molar-refractivity contribution in [2.45, 2.75) is 6.42 Å². The van der Waals surface area contributed by atoms with Gasteiger partial charge in [0.2, 0.25) is 0 Å². The van der Waals surface area contributed by atoms with Crippen molar-refractivity contribution >= 4 is 22.5 Å². The molecule has 5 heteroatoms. The van der Waals surface area contributed by atoms with Gasteiger partial charge >= 0.3 is 0 Å². The van der Waals surface area contributed by atoms with Gasteiger partial charge in [0.25, 0.3) is 0 Å². The first-order valence-corrected chi connectivity index (χ1v) is 6.56. The Morgan fingerprint density at radius 1 is 1.05 bits per heavy atom. The molecule has 0 saturated heterocycles. The summed E-state index contributed by atoms with van der Waals surface area (Å²) in [5, 5.41) is 4.99. The van der Waals surface area contributed by atoms with E-state index in [2.05, 4.69) is 10.1 Å². The van der Waals surface area contributed by atoms with E-state index in [-0.39, 0.29) is 18.0 Å². The van der Waals surface area contributed by atoms with Crippen molar-refractivity contribution < 1.29 is 9.59 Å². The summed E-state index contributed by atoms with van der Waals surface area (Å²) in [6.45, 7) is 0. The highest BCUT2D eigenvalue weighted by Gasteiger charge is 2.19. The van der Waals surface area contributed by atoms with E-state index in [0.717, 1.165) is 10.9 Å². The largest absolute Gasteiger partial charge is 0.292 e. The first kappa shape index (κ1) is 13.2. The number of para-hydroxylation sites is 1. The van der Waals surface area contributed by atoms with Crippen molar-refractivity contribution in [3.8, 4) is 0 Å². The van der Waals surface area contributed by atoms with Crippen LogP contribution in [0.25, 0.3) is 10.9 Å². The molecule has 0 aliphatic carbocycles. The van der Waals surface area contributed by atoms with Gasteiger partial charge in [-0.2, -0.15) is 5.10 Å². The summed E-state index contributed by atoms with van der Waals surface area (Å²) < 4.78 is 1.65. The highest BCUT2D eigenvalue weighted by atomic mass is 16.1. The topological polar surface area (TPSA) is 64.8 Å². The Hall–Kier alpha value is -2.82. The zero-order chi connectivity index (χ0) is 14.8. The molecule has 21 heavy (non-hydrogen) atoms. The Labute approximate surface area is 121 Å². The fraction of sp³-hybridized carbons (Fsp3) is 0.125. The van der Waals surface area contributed by atoms with Crippen LogP contribution in [0, 0.1) is 0 Å². The van der Waals surface area contributed by atoms with Gasteiger partial charge < -0.3 is 0 Å². The van der Waals surface area contributed by atoms with Crippen LogP contribution < -0.4 is 0 Å². The number of hydrogen-bond donors (Lipinski definition) is 0. The van der Waals surface area contributed by atoms with Crippen molar-refractivity contribution in [3.63, 3.8) is 0 Å². The van der Waals surface area contributed by atoms with Crippen molar-refractivity contribution in [1.29, 1.82) is 0 Å². The van der Waals surface area contributed by atoms with Crippen molar-refractivity contribution in [1.82, 2.24) is 14.8 Å². The van der Waals surface area contributed by atoms with Crippen LogP contribution in [0.15, 0.2) is 48.7 Å². The molecular formula is C16H13N3O2. The minimum Gasteiger partial charge on any atom is -0.292 e. The van der Waals surface area contributed by atoms with Crippen molar-refractivity contribution in [2.24, 2.45) is 7.05 Å². The maximum atomic E-state index is 12.3. The number of pyridine rings is 1. The number of carbonyl (C=O) groups excluding carboxylic acids is 2. The van der Waals surface area contributed by atoms with Crippen LogP contribution >= 0.6 is 0 Å². The van der Waals surface area contributed by atoms with E-state index in [4.69, 9.17) is 0 Å². The molecule has 0 bridgehead atoms. The predicted molar refractivity (Wildman–Crippen MR) is 78.2 cm³/mol. The Kier molecular flexibility index (Phi) is 3.31. The van der Waals surface area contributed by atoms with Gasteiger partial charge in [-0.3, -0.25) is 19.3 Å². The molecule has 0 atom stereocenters. The minimum absolute atomic E-state index is 0.224. The minimum atomic E-state index is -0.296. The van der Waals surface area contributed by atoms with Gasteiger partial charge in [-0.05, 0) is 18.2 Å². The van der Waals surface area contributed by atoms with Crippen LogP contribution in [-0.4, -0.2) is 26.3 Å². The summed E-state index contributed by atoms with van der Waals surface area (Å²) in [5.41, 5.74) is 1.50. The van der Waals surface area contributed by atoms with Gasteiger partial charge in [-0.1, -0.05) is 24.3 Å². The van der Waals surface area contributed by atoms with Crippen molar-refractivity contribution in [2.75, 3.05) is 0 Å². The van der Waals surface area contributed by atoms with Gasteiger partial charge in [0.15, 0.2) is 11.6 Å². The zero-order valence-electron chi connectivity index (χ0n) is 11.5. The molecule has 3 rings (SSSR count). The van der Waals surface area contributed by atoms with E-state index < -0.39 is 0 Å². The number of rotatable bonds is 4. The zero-order valence-corrected chi connectivity index (χ0v) is 11.5. The number of benzene rings is 1. The van der Waals surface area contributed by atoms with E-state index in [9.17, 15) is 9.59 Å². The second-order valence-electron chi connectivity index (χ2n) is 4.73. The lowest BCUT2D eigenvalue weighted by molar-refractivity contribution is 0.0889. The van der Waals surface area contributed by atoms with Crippen LogP contribution in [0.2, 0.25) is 0 Å². The number of nitrogens with zero attached hydrogens (tertiary/aromatic N) is 3. The number of aromatic nitrogens is 3. The summed E-state index contributed by atoms with van der Waals surface area (Å²) in [6.07, 6.45) is 1.31. The van der Waals surface area contributed by atoms with Crippen molar-refractivity contribution in [3.05, 3.63) is 60.0 Å². The third-order valence-electron chi connectivity index (χ3n) is 3.29. The molecule has 104 valence electrons. The average molecular weight is 279 g/mol. The molecular weight excluding hydrogens is 266 g/mol. The molecule has 0 fully saturated rings. The Morgan fingerprint density at radius 3 is 2.57 bits per heavy atom. The van der Waals surface area contributed by atoms with Gasteiger partial charge in [0.1, 0.15) is 11.4 Å². The molecule has 0 radical (unpaired) electrons. The number of hydrogen-bond acceptors (Lipinski definition) is 4. The third kappa shape index (κ3) is 2.45. The molecule has 1 aromatic carbocycles. The number of aryl methyl sites for hydroxylation is 1. The summed E-state index contributed by atoms with van der Waals surface area (Å²) in [5.74, 6) is -0.585. The Morgan fingerprint density at radius 2 is 1.81 bits per heavy atom. The first-order valence-electron chi connectivity index (χ1n) is 6.56. The van der Waals surface area contributed by atoms with E-state index in [1.54, 1.807) is 29.9 Å². The fourth-order valence-electron chi connectivity index (χ4n) is 2.27. The quantitative estimate of drug-likeness (QED) is 0.543. The van der Waals surface area contributed by atoms with Gasteiger partial charge in [0, 0.05) is 18.6 Å². The highest BCUT2D eigenvalue weighted by Crippen LogP contribution is 2.19. The predicted octanol–water partition coefficient (Wildman–Crippen LogP) is 2.42. The molecule has 0 spiro atoms.